The van der Waals surface area contributed by atoms with E-state index in [2.05, 4.69) is 18.4 Å². The second kappa shape index (κ2) is 22.5. The van der Waals surface area contributed by atoms with Gasteiger partial charge in [0.15, 0.2) is 6.10 Å². The Balaban J connectivity index is 4.12. The Labute approximate surface area is 206 Å². The van der Waals surface area contributed by atoms with Crippen molar-refractivity contribution in [3.63, 3.8) is 0 Å². The van der Waals surface area contributed by atoms with E-state index in [4.69, 9.17) is 19.3 Å². The van der Waals surface area contributed by atoms with Gasteiger partial charge < -0.3 is 26.2 Å². The summed E-state index contributed by atoms with van der Waals surface area (Å²) in [7, 11) is -4.72. The van der Waals surface area contributed by atoms with Crippen molar-refractivity contribution in [2.75, 3.05) is 13.2 Å². The zero-order valence-electron chi connectivity index (χ0n) is 21.2. The van der Waals surface area contributed by atoms with Gasteiger partial charge in [-0.25, -0.2) is 4.57 Å². The van der Waals surface area contributed by atoms with Crippen LogP contribution in [0.4, 0.5) is 0 Å². The summed E-state index contributed by atoms with van der Waals surface area (Å²) in [6.45, 7) is 5.19. The third-order valence-electron chi connectivity index (χ3n) is 5.52. The van der Waals surface area contributed by atoms with Crippen LogP contribution in [-0.2, 0) is 28.2 Å². The van der Waals surface area contributed by atoms with Crippen LogP contribution >= 0.6 is 7.82 Å². The first kappa shape index (κ1) is 33.0. The third-order valence-corrected chi connectivity index (χ3v) is 6.01. The van der Waals surface area contributed by atoms with Gasteiger partial charge in [0.1, 0.15) is 6.61 Å². The minimum atomic E-state index is -4.72. The van der Waals surface area contributed by atoms with E-state index < -0.39 is 32.5 Å². The molecule has 9 heteroatoms. The Hall–Kier alpha value is -0.950. The van der Waals surface area contributed by atoms with Gasteiger partial charge >= 0.3 is 19.8 Å². The second-order valence-corrected chi connectivity index (χ2v) is 10.1. The number of unbranched alkanes of at least 4 members (excludes halogenated alkanes) is 14. The first-order valence-electron chi connectivity index (χ1n) is 13.1. The van der Waals surface area contributed by atoms with E-state index in [1.54, 1.807) is 0 Å². The molecule has 0 aromatic heterocycles. The number of carbonyl (C=O) groups excluding carboxylic acids is 2. The summed E-state index contributed by atoms with van der Waals surface area (Å²) in [5, 5.41) is 0. The van der Waals surface area contributed by atoms with Crippen molar-refractivity contribution in [3.8, 4) is 0 Å². The standard InChI is InChI=1S/C25H48O8P/c1-3-5-7-9-11-12-14-16-18-20-25(27)33-23(22-32-34(28,29)30)21-31-24(26)19-17-15-13-10-8-6-4-2/h23H,1,3-22H2,2H3,(H2,28,29,30)/q-1/t23-/m1/s1. The van der Waals surface area contributed by atoms with Crippen LogP contribution in [0.15, 0.2) is 0 Å². The van der Waals surface area contributed by atoms with E-state index in [1.165, 1.54) is 44.9 Å². The minimum Gasteiger partial charge on any atom is -0.462 e. The topological polar surface area (TPSA) is 119 Å². The number of rotatable bonds is 24. The normalized spacial score (nSPS) is 12.5. The van der Waals surface area contributed by atoms with Crippen LogP contribution in [0.1, 0.15) is 122 Å². The van der Waals surface area contributed by atoms with Gasteiger partial charge in [-0.15, -0.1) is 0 Å². The van der Waals surface area contributed by atoms with Crippen molar-refractivity contribution in [1.82, 2.24) is 0 Å². The van der Waals surface area contributed by atoms with E-state index in [1.807, 2.05) is 0 Å². The van der Waals surface area contributed by atoms with Crippen LogP contribution in [0.5, 0.6) is 0 Å². The van der Waals surface area contributed by atoms with Gasteiger partial charge in [-0.2, -0.15) is 6.42 Å². The first-order chi connectivity index (χ1) is 16.3. The predicted molar refractivity (Wildman–Crippen MR) is 133 cm³/mol. The largest absolute Gasteiger partial charge is 0.469 e. The number of hydrogen-bond donors (Lipinski definition) is 2. The van der Waals surface area contributed by atoms with E-state index in [0.29, 0.717) is 6.42 Å². The highest BCUT2D eigenvalue weighted by Gasteiger charge is 2.22. The van der Waals surface area contributed by atoms with E-state index in [0.717, 1.165) is 51.4 Å². The van der Waals surface area contributed by atoms with Crippen molar-refractivity contribution in [2.45, 2.75) is 129 Å². The fraction of sp³-hybridized carbons (Fsp3) is 0.880. The molecule has 0 heterocycles. The molecule has 0 aliphatic heterocycles. The van der Waals surface area contributed by atoms with Crippen LogP contribution in [0, 0.1) is 6.92 Å². The molecule has 0 aliphatic rings. The highest BCUT2D eigenvalue weighted by atomic mass is 31.2. The molecular formula is C25H48O8P-. The van der Waals surface area contributed by atoms with Gasteiger partial charge in [0, 0.05) is 12.8 Å². The van der Waals surface area contributed by atoms with Crippen LogP contribution in [0.25, 0.3) is 0 Å². The number of phosphoric acid groups is 1. The van der Waals surface area contributed by atoms with Crippen molar-refractivity contribution in [1.29, 1.82) is 0 Å². The van der Waals surface area contributed by atoms with E-state index in [-0.39, 0.29) is 19.4 Å². The fourth-order valence-corrected chi connectivity index (χ4v) is 3.89. The van der Waals surface area contributed by atoms with Gasteiger partial charge in [-0.05, 0) is 12.8 Å². The molecule has 0 saturated heterocycles. The number of carbonyl (C=O) groups is 2. The maximum atomic E-state index is 12.1. The summed E-state index contributed by atoms with van der Waals surface area (Å²) in [4.78, 5) is 42.0. The molecule has 0 aromatic carbocycles. The van der Waals surface area contributed by atoms with Crippen LogP contribution in [0.2, 0.25) is 0 Å². The van der Waals surface area contributed by atoms with Gasteiger partial charge in [0.2, 0.25) is 0 Å². The summed E-state index contributed by atoms with van der Waals surface area (Å²) in [6, 6.07) is 0. The SMILES string of the molecule is [CH2-]CCCCCCCCCCC(=O)O[C@H](COC(=O)CCCCCCCCC)COP(=O)(O)O. The summed E-state index contributed by atoms with van der Waals surface area (Å²) < 4.78 is 25.9. The molecule has 0 aromatic rings. The minimum absolute atomic E-state index is 0.208. The molecule has 0 fully saturated rings. The molecule has 1 atom stereocenters. The lowest BCUT2D eigenvalue weighted by Crippen LogP contribution is -2.29. The summed E-state index contributed by atoms with van der Waals surface area (Å²) in [6.07, 6.45) is 16.6. The second-order valence-electron chi connectivity index (χ2n) is 8.88. The molecule has 0 amide bonds. The van der Waals surface area contributed by atoms with Gasteiger partial charge in [0.05, 0.1) is 6.61 Å². The Bertz CT molecular complexity index is 549. The lowest BCUT2D eigenvalue weighted by Gasteiger charge is -2.18. The van der Waals surface area contributed by atoms with Gasteiger partial charge in [-0.1, -0.05) is 90.4 Å². The molecule has 34 heavy (non-hydrogen) atoms. The van der Waals surface area contributed by atoms with Crippen molar-refractivity contribution >= 4 is 19.8 Å². The number of esters is 2. The number of phosphoric ester groups is 1. The van der Waals surface area contributed by atoms with Crippen molar-refractivity contribution in [2.24, 2.45) is 0 Å². The molecule has 0 radical (unpaired) electrons. The molecule has 2 N–H and O–H groups in total. The zero-order valence-corrected chi connectivity index (χ0v) is 22.1. The zero-order chi connectivity index (χ0) is 25.5. The molecule has 0 saturated carbocycles. The van der Waals surface area contributed by atoms with E-state index in [9.17, 15) is 14.2 Å². The molecule has 0 spiro atoms. The molecule has 0 rings (SSSR count). The summed E-state index contributed by atoms with van der Waals surface area (Å²) in [5.41, 5.74) is 0. The monoisotopic (exact) mass is 507 g/mol. The lowest BCUT2D eigenvalue weighted by atomic mass is 10.1. The maximum Gasteiger partial charge on any atom is 0.469 e. The average molecular weight is 508 g/mol. The van der Waals surface area contributed by atoms with Gasteiger partial charge in [0.25, 0.3) is 0 Å². The Morgan fingerprint density at radius 1 is 0.735 bits per heavy atom. The molecule has 0 aliphatic carbocycles. The Morgan fingerprint density at radius 2 is 1.21 bits per heavy atom. The van der Waals surface area contributed by atoms with Gasteiger partial charge in [-0.3, -0.25) is 14.1 Å². The van der Waals surface area contributed by atoms with Crippen LogP contribution in [0.3, 0.4) is 0 Å². The Kier molecular flexibility index (Phi) is 21.9. The molecular weight excluding hydrogens is 459 g/mol. The lowest BCUT2D eigenvalue weighted by molar-refractivity contribution is -0.161. The van der Waals surface area contributed by atoms with Crippen LogP contribution in [-0.4, -0.2) is 41.0 Å². The average Bonchev–Trinajstić information content (AvgIpc) is 2.78. The first-order valence-corrected chi connectivity index (χ1v) is 14.7. The quantitative estimate of drug-likeness (QED) is 0.0664. The fourth-order valence-electron chi connectivity index (χ4n) is 3.53. The summed E-state index contributed by atoms with van der Waals surface area (Å²) >= 11 is 0. The molecule has 8 nitrogen and oxygen atoms in total. The molecule has 0 bridgehead atoms. The third kappa shape index (κ3) is 24.2. The Morgan fingerprint density at radius 3 is 1.71 bits per heavy atom. The molecule has 0 unspecified atom stereocenters. The van der Waals surface area contributed by atoms with Crippen molar-refractivity contribution < 1.29 is 37.9 Å². The van der Waals surface area contributed by atoms with Crippen LogP contribution < -0.4 is 0 Å². The highest BCUT2D eigenvalue weighted by molar-refractivity contribution is 7.46. The van der Waals surface area contributed by atoms with E-state index >= 15 is 0 Å². The molecule has 202 valence electrons. The number of ether oxygens (including phenoxy) is 2. The maximum absolute atomic E-state index is 12.1. The van der Waals surface area contributed by atoms with Crippen molar-refractivity contribution in [3.05, 3.63) is 6.92 Å². The summed E-state index contributed by atoms with van der Waals surface area (Å²) in [5.74, 6) is -0.904. The highest BCUT2D eigenvalue weighted by Crippen LogP contribution is 2.35. The number of hydrogen-bond acceptors (Lipinski definition) is 6. The predicted octanol–water partition coefficient (Wildman–Crippen LogP) is 6.43. The smallest absolute Gasteiger partial charge is 0.462 e.